The van der Waals surface area contributed by atoms with Gasteiger partial charge in [-0.05, 0) is 40.9 Å². The van der Waals surface area contributed by atoms with E-state index in [1.807, 2.05) is 0 Å². The normalized spacial score (nSPS) is 16.8. The second kappa shape index (κ2) is 8.05. The molecule has 27 heavy (non-hydrogen) atoms. The number of nitrogens with two attached hydrogens (primary N) is 1. The highest BCUT2D eigenvalue weighted by atomic mass is 79.9. The Morgan fingerprint density at radius 2 is 2.26 bits per heavy atom. The molecule has 0 spiro atoms. The van der Waals surface area contributed by atoms with Crippen LogP contribution in [0.1, 0.15) is 39.6 Å². The SMILES string of the molecule is COC(=O)c1c(F)cc(Nc2nn(C3CCCOC3)cc2C(N)=O)cc1Br. The summed E-state index contributed by atoms with van der Waals surface area (Å²) in [5.41, 5.74) is 5.69. The van der Waals surface area contributed by atoms with Crippen LogP contribution in [-0.2, 0) is 9.47 Å². The summed E-state index contributed by atoms with van der Waals surface area (Å²) in [6, 6.07) is 2.60. The number of ether oxygens (including phenoxy) is 2. The molecular formula is C17H18BrFN4O4. The lowest BCUT2D eigenvalue weighted by Gasteiger charge is -2.22. The fourth-order valence-corrected chi connectivity index (χ4v) is 3.46. The van der Waals surface area contributed by atoms with Crippen LogP contribution >= 0.6 is 15.9 Å². The van der Waals surface area contributed by atoms with Gasteiger partial charge < -0.3 is 20.5 Å². The van der Waals surface area contributed by atoms with E-state index in [0.717, 1.165) is 18.9 Å². The maximum atomic E-state index is 14.3. The Kier molecular flexibility index (Phi) is 5.76. The van der Waals surface area contributed by atoms with E-state index in [-0.39, 0.29) is 27.5 Å². The molecule has 2 heterocycles. The van der Waals surface area contributed by atoms with Crippen molar-refractivity contribution in [2.45, 2.75) is 18.9 Å². The number of primary amides is 1. The molecule has 1 aliphatic heterocycles. The van der Waals surface area contributed by atoms with Crippen molar-refractivity contribution in [2.24, 2.45) is 5.73 Å². The van der Waals surface area contributed by atoms with Crippen molar-refractivity contribution in [1.82, 2.24) is 9.78 Å². The van der Waals surface area contributed by atoms with Gasteiger partial charge in [-0.1, -0.05) is 0 Å². The summed E-state index contributed by atoms with van der Waals surface area (Å²) in [4.78, 5) is 23.4. The van der Waals surface area contributed by atoms with Gasteiger partial charge in [-0.2, -0.15) is 5.10 Å². The third-order valence-electron chi connectivity index (χ3n) is 4.20. The summed E-state index contributed by atoms with van der Waals surface area (Å²) in [6.45, 7) is 1.19. The van der Waals surface area contributed by atoms with Gasteiger partial charge >= 0.3 is 5.97 Å². The monoisotopic (exact) mass is 440 g/mol. The van der Waals surface area contributed by atoms with Crippen LogP contribution in [0.4, 0.5) is 15.9 Å². The average molecular weight is 441 g/mol. The van der Waals surface area contributed by atoms with Crippen molar-refractivity contribution < 1.29 is 23.5 Å². The second-order valence-electron chi connectivity index (χ2n) is 6.04. The van der Waals surface area contributed by atoms with Crippen LogP contribution in [0, 0.1) is 5.82 Å². The van der Waals surface area contributed by atoms with Crippen LogP contribution in [0.3, 0.4) is 0 Å². The smallest absolute Gasteiger partial charge is 0.342 e. The third-order valence-corrected chi connectivity index (χ3v) is 4.83. The molecule has 0 radical (unpaired) electrons. The van der Waals surface area contributed by atoms with Crippen molar-refractivity contribution in [1.29, 1.82) is 0 Å². The fraction of sp³-hybridized carbons (Fsp3) is 0.353. The number of halogens is 2. The van der Waals surface area contributed by atoms with Gasteiger partial charge in [0.15, 0.2) is 5.82 Å². The molecule has 1 atom stereocenters. The highest BCUT2D eigenvalue weighted by molar-refractivity contribution is 9.10. The van der Waals surface area contributed by atoms with Crippen molar-refractivity contribution in [3.05, 3.63) is 39.7 Å². The van der Waals surface area contributed by atoms with Gasteiger partial charge in [0, 0.05) is 23.0 Å². The van der Waals surface area contributed by atoms with E-state index in [4.69, 9.17) is 10.5 Å². The molecule has 3 N–H and O–H groups in total. The van der Waals surface area contributed by atoms with E-state index in [9.17, 15) is 14.0 Å². The minimum atomic E-state index is -0.801. The zero-order valence-electron chi connectivity index (χ0n) is 14.5. The molecule has 144 valence electrons. The molecule has 1 unspecified atom stereocenters. The van der Waals surface area contributed by atoms with Crippen LogP contribution < -0.4 is 11.1 Å². The van der Waals surface area contributed by atoms with Gasteiger partial charge in [0.1, 0.15) is 16.9 Å². The molecule has 1 aliphatic rings. The Balaban J connectivity index is 1.91. The van der Waals surface area contributed by atoms with Gasteiger partial charge in [-0.25, -0.2) is 9.18 Å². The summed E-state index contributed by atoms with van der Waals surface area (Å²) in [6.07, 6.45) is 3.32. The molecule has 0 saturated carbocycles. The van der Waals surface area contributed by atoms with Crippen LogP contribution in [-0.4, -0.2) is 42.0 Å². The molecule has 1 amide bonds. The number of esters is 1. The van der Waals surface area contributed by atoms with Crippen LogP contribution in [0.5, 0.6) is 0 Å². The zero-order valence-corrected chi connectivity index (χ0v) is 16.1. The first-order chi connectivity index (χ1) is 12.9. The lowest BCUT2D eigenvalue weighted by atomic mass is 10.1. The molecule has 1 fully saturated rings. The number of nitrogens with zero attached hydrogens (tertiary/aromatic N) is 2. The molecule has 10 heteroatoms. The molecule has 0 bridgehead atoms. The van der Waals surface area contributed by atoms with Crippen LogP contribution in [0.25, 0.3) is 0 Å². The van der Waals surface area contributed by atoms with Gasteiger partial charge in [-0.3, -0.25) is 9.48 Å². The Labute approximate surface area is 162 Å². The average Bonchev–Trinajstić information content (AvgIpc) is 3.05. The molecule has 3 rings (SSSR count). The number of hydrogen-bond donors (Lipinski definition) is 2. The van der Waals surface area contributed by atoms with E-state index in [2.05, 4.69) is 31.1 Å². The Morgan fingerprint density at radius 3 is 2.85 bits per heavy atom. The van der Waals surface area contributed by atoms with Gasteiger partial charge in [0.05, 0.1) is 19.8 Å². The summed E-state index contributed by atoms with van der Waals surface area (Å²) in [5, 5.41) is 7.26. The minimum absolute atomic E-state index is 0.00225. The third kappa shape index (κ3) is 4.11. The number of amides is 1. The van der Waals surface area contributed by atoms with Crippen molar-refractivity contribution in [2.75, 3.05) is 25.6 Å². The predicted molar refractivity (Wildman–Crippen MR) is 98.6 cm³/mol. The first-order valence-electron chi connectivity index (χ1n) is 8.21. The van der Waals surface area contributed by atoms with E-state index in [1.54, 1.807) is 10.9 Å². The van der Waals surface area contributed by atoms with Crippen molar-refractivity contribution in [3.63, 3.8) is 0 Å². The number of aromatic nitrogens is 2. The number of carbonyl (C=O) groups excluding carboxylic acids is 2. The van der Waals surface area contributed by atoms with Crippen molar-refractivity contribution in [3.8, 4) is 0 Å². The fourth-order valence-electron chi connectivity index (χ4n) is 2.86. The number of carbonyl (C=O) groups is 2. The predicted octanol–water partition coefficient (Wildman–Crippen LogP) is 2.77. The number of benzene rings is 1. The Bertz CT molecular complexity index is 857. The standard InChI is InChI=1S/C17H18BrFN4O4/c1-26-17(25)14-12(18)5-9(6-13(14)19)21-16-11(15(20)24)7-23(22-16)10-3-2-4-27-8-10/h5-7,10H,2-4,8H2,1H3,(H2,20,24)(H,21,22). The number of methoxy groups -OCH3 is 1. The molecule has 1 saturated heterocycles. The largest absolute Gasteiger partial charge is 0.465 e. The molecule has 0 aliphatic carbocycles. The van der Waals surface area contributed by atoms with E-state index in [1.165, 1.54) is 13.2 Å². The summed E-state index contributed by atoms with van der Waals surface area (Å²) in [7, 11) is 1.17. The molecule has 2 aromatic rings. The van der Waals surface area contributed by atoms with Gasteiger partial charge in [0.2, 0.25) is 0 Å². The van der Waals surface area contributed by atoms with Crippen LogP contribution in [0.2, 0.25) is 0 Å². The highest BCUT2D eigenvalue weighted by Gasteiger charge is 2.23. The van der Waals surface area contributed by atoms with E-state index in [0.29, 0.717) is 18.9 Å². The van der Waals surface area contributed by atoms with Crippen LogP contribution in [0.15, 0.2) is 22.8 Å². The number of anilines is 2. The molecule has 8 nitrogen and oxygen atoms in total. The topological polar surface area (TPSA) is 108 Å². The lowest BCUT2D eigenvalue weighted by molar-refractivity contribution is 0.0550. The summed E-state index contributed by atoms with van der Waals surface area (Å²) in [5.74, 6) is -2.04. The molecule has 1 aromatic carbocycles. The first-order valence-corrected chi connectivity index (χ1v) is 9.01. The maximum absolute atomic E-state index is 14.3. The molecular weight excluding hydrogens is 423 g/mol. The number of nitrogens with one attached hydrogen (secondary N) is 1. The quantitative estimate of drug-likeness (QED) is 0.691. The van der Waals surface area contributed by atoms with E-state index < -0.39 is 17.7 Å². The maximum Gasteiger partial charge on any atom is 0.342 e. The second-order valence-corrected chi connectivity index (χ2v) is 6.89. The summed E-state index contributed by atoms with van der Waals surface area (Å²) >= 11 is 3.15. The van der Waals surface area contributed by atoms with Crippen molar-refractivity contribution >= 4 is 39.3 Å². The highest BCUT2D eigenvalue weighted by Crippen LogP contribution is 2.29. The van der Waals surface area contributed by atoms with Gasteiger partial charge in [-0.15, -0.1) is 0 Å². The zero-order chi connectivity index (χ0) is 19.6. The molecule has 1 aromatic heterocycles. The Hall–Kier alpha value is -2.46. The van der Waals surface area contributed by atoms with Gasteiger partial charge in [0.25, 0.3) is 5.91 Å². The number of rotatable bonds is 5. The van der Waals surface area contributed by atoms with E-state index >= 15 is 0 Å². The lowest BCUT2D eigenvalue weighted by Crippen LogP contribution is -2.21. The Morgan fingerprint density at radius 1 is 1.48 bits per heavy atom. The summed E-state index contributed by atoms with van der Waals surface area (Å²) < 4.78 is 26.1. The number of hydrogen-bond acceptors (Lipinski definition) is 6. The first kappa shape index (κ1) is 19.3. The minimum Gasteiger partial charge on any atom is -0.465 e.